The van der Waals surface area contributed by atoms with E-state index in [9.17, 15) is 9.18 Å². The smallest absolute Gasteiger partial charge is 0.410 e. The van der Waals surface area contributed by atoms with Crippen LogP contribution in [0.15, 0.2) is 0 Å². The molecule has 88 valence electrons. The molecule has 0 saturated carbocycles. The van der Waals surface area contributed by atoms with Crippen LogP contribution in [0.4, 0.5) is 9.18 Å². The number of carbonyl (C=O) groups is 1. The van der Waals surface area contributed by atoms with Crippen LogP contribution in [0.25, 0.3) is 0 Å². The Morgan fingerprint density at radius 2 is 2.20 bits per heavy atom. The third-order valence-corrected chi connectivity index (χ3v) is 2.79. The highest BCUT2D eigenvalue weighted by Crippen LogP contribution is 2.32. The van der Waals surface area contributed by atoms with Gasteiger partial charge in [0.15, 0.2) is 0 Å². The summed E-state index contributed by atoms with van der Waals surface area (Å²) in [6.45, 7) is 6.31. The Labute approximate surface area is 90.6 Å². The van der Waals surface area contributed by atoms with Gasteiger partial charge in [-0.05, 0) is 18.3 Å². The maximum atomic E-state index is 11.9. The first-order valence-corrected chi connectivity index (χ1v) is 5.46. The Kier molecular flexibility index (Phi) is 3.94. The minimum atomic E-state index is -0.611. The molecule has 0 spiro atoms. The highest BCUT2D eigenvalue weighted by atomic mass is 19.1. The first kappa shape index (κ1) is 12.3. The summed E-state index contributed by atoms with van der Waals surface area (Å²) in [5.41, 5.74) is 0.0607. The maximum Gasteiger partial charge on any atom is 0.410 e. The van der Waals surface area contributed by atoms with E-state index in [-0.39, 0.29) is 24.2 Å². The summed E-state index contributed by atoms with van der Waals surface area (Å²) in [4.78, 5) is 13.3. The van der Waals surface area contributed by atoms with Gasteiger partial charge in [0.05, 0.1) is 0 Å². The van der Waals surface area contributed by atoms with E-state index >= 15 is 0 Å². The van der Waals surface area contributed by atoms with Gasteiger partial charge in [-0.2, -0.15) is 0 Å². The van der Waals surface area contributed by atoms with Crippen molar-refractivity contribution < 1.29 is 13.9 Å². The van der Waals surface area contributed by atoms with Crippen molar-refractivity contribution in [1.82, 2.24) is 4.90 Å². The molecule has 1 aliphatic heterocycles. The van der Waals surface area contributed by atoms with Crippen LogP contribution >= 0.6 is 0 Å². The van der Waals surface area contributed by atoms with E-state index in [0.29, 0.717) is 0 Å². The summed E-state index contributed by atoms with van der Waals surface area (Å²) >= 11 is 0. The lowest BCUT2D eigenvalue weighted by Crippen LogP contribution is -2.43. The first-order valence-electron chi connectivity index (χ1n) is 5.46. The molecular weight excluding hydrogens is 197 g/mol. The molecule has 0 N–H and O–H groups in total. The van der Waals surface area contributed by atoms with E-state index in [1.165, 1.54) is 0 Å². The number of amides is 1. The van der Waals surface area contributed by atoms with Gasteiger partial charge in [0, 0.05) is 12.6 Å². The normalized spacial score (nSPS) is 21.9. The Bertz CT molecular complexity index is 225. The second kappa shape index (κ2) is 4.81. The molecule has 0 aromatic carbocycles. The third-order valence-electron chi connectivity index (χ3n) is 2.79. The number of hydrogen-bond acceptors (Lipinski definition) is 2. The predicted octanol–water partition coefficient (Wildman–Crippen LogP) is 2.60. The minimum absolute atomic E-state index is 0.0607. The fraction of sp³-hybridized carbons (Fsp3) is 0.909. The summed E-state index contributed by atoms with van der Waals surface area (Å²) in [5, 5.41) is 0. The van der Waals surface area contributed by atoms with Gasteiger partial charge >= 0.3 is 6.09 Å². The van der Waals surface area contributed by atoms with Crippen molar-refractivity contribution in [3.63, 3.8) is 0 Å². The Balaban J connectivity index is 2.56. The van der Waals surface area contributed by atoms with E-state index in [0.717, 1.165) is 19.4 Å². The number of alkyl halides is 1. The Morgan fingerprint density at radius 1 is 1.53 bits per heavy atom. The molecule has 1 heterocycles. The number of rotatable bonds is 2. The SMILES string of the molecule is CC(C)(C)C1CCCN1C(=O)OCCF. The fourth-order valence-corrected chi connectivity index (χ4v) is 2.09. The number of hydrogen-bond donors (Lipinski definition) is 0. The summed E-state index contributed by atoms with van der Waals surface area (Å²) in [6, 6.07) is 0.213. The van der Waals surface area contributed by atoms with Crippen LogP contribution in [0.5, 0.6) is 0 Å². The minimum Gasteiger partial charge on any atom is -0.447 e. The van der Waals surface area contributed by atoms with E-state index in [4.69, 9.17) is 4.74 Å². The zero-order valence-electron chi connectivity index (χ0n) is 9.75. The van der Waals surface area contributed by atoms with Crippen LogP contribution in [-0.2, 0) is 4.74 Å². The molecule has 1 fully saturated rings. The van der Waals surface area contributed by atoms with Gasteiger partial charge in [0.1, 0.15) is 13.3 Å². The molecule has 0 aliphatic carbocycles. The van der Waals surface area contributed by atoms with Crippen LogP contribution in [-0.4, -0.2) is 36.9 Å². The number of carbonyl (C=O) groups excluding carboxylic acids is 1. The Hall–Kier alpha value is -0.800. The van der Waals surface area contributed by atoms with Gasteiger partial charge < -0.3 is 9.64 Å². The van der Waals surface area contributed by atoms with Crippen molar-refractivity contribution in [2.24, 2.45) is 5.41 Å². The van der Waals surface area contributed by atoms with Crippen molar-refractivity contribution in [2.45, 2.75) is 39.7 Å². The van der Waals surface area contributed by atoms with Crippen molar-refractivity contribution in [3.8, 4) is 0 Å². The number of halogens is 1. The number of likely N-dealkylation sites (tertiary alicyclic amines) is 1. The lowest BCUT2D eigenvalue weighted by Gasteiger charge is -2.34. The molecule has 4 heteroatoms. The second-order valence-electron chi connectivity index (χ2n) is 5.02. The number of ether oxygens (including phenoxy) is 1. The molecule has 1 saturated heterocycles. The summed E-state index contributed by atoms with van der Waals surface area (Å²) in [7, 11) is 0. The predicted molar refractivity (Wildman–Crippen MR) is 56.5 cm³/mol. The summed E-state index contributed by atoms with van der Waals surface area (Å²) in [6.07, 6.45) is 1.64. The number of nitrogens with zero attached hydrogens (tertiary/aromatic N) is 1. The molecule has 1 atom stereocenters. The summed E-state index contributed by atoms with van der Waals surface area (Å²) < 4.78 is 16.7. The monoisotopic (exact) mass is 217 g/mol. The van der Waals surface area contributed by atoms with Gasteiger partial charge in [-0.25, -0.2) is 9.18 Å². The molecule has 1 rings (SSSR count). The van der Waals surface area contributed by atoms with Gasteiger partial charge in [0.25, 0.3) is 0 Å². The topological polar surface area (TPSA) is 29.5 Å². The van der Waals surface area contributed by atoms with Crippen molar-refractivity contribution >= 4 is 6.09 Å². The molecule has 1 amide bonds. The zero-order valence-corrected chi connectivity index (χ0v) is 9.75. The standard InChI is InChI=1S/C11H20FNO2/c1-11(2,3)9-5-4-7-13(9)10(14)15-8-6-12/h9H,4-8H2,1-3H3. The van der Waals surface area contributed by atoms with E-state index < -0.39 is 6.67 Å². The largest absolute Gasteiger partial charge is 0.447 e. The highest BCUT2D eigenvalue weighted by molar-refractivity contribution is 5.68. The van der Waals surface area contributed by atoms with Gasteiger partial charge in [0.2, 0.25) is 0 Å². The lowest BCUT2D eigenvalue weighted by molar-refractivity contribution is 0.0710. The molecule has 1 aliphatic rings. The van der Waals surface area contributed by atoms with Crippen LogP contribution in [0, 0.1) is 5.41 Å². The first-order chi connectivity index (χ1) is 6.96. The van der Waals surface area contributed by atoms with Crippen molar-refractivity contribution in [3.05, 3.63) is 0 Å². The van der Waals surface area contributed by atoms with Crippen molar-refractivity contribution in [1.29, 1.82) is 0 Å². The molecule has 0 bridgehead atoms. The molecule has 0 radical (unpaired) electrons. The van der Waals surface area contributed by atoms with Crippen LogP contribution in [0.2, 0.25) is 0 Å². The van der Waals surface area contributed by atoms with Gasteiger partial charge in [-0.1, -0.05) is 20.8 Å². The Morgan fingerprint density at radius 3 is 2.73 bits per heavy atom. The van der Waals surface area contributed by atoms with Gasteiger partial charge in [-0.15, -0.1) is 0 Å². The average Bonchev–Trinajstić information content (AvgIpc) is 2.61. The second-order valence-corrected chi connectivity index (χ2v) is 5.02. The molecule has 15 heavy (non-hydrogen) atoms. The summed E-state index contributed by atoms with van der Waals surface area (Å²) in [5.74, 6) is 0. The van der Waals surface area contributed by atoms with E-state index in [1.54, 1.807) is 4.90 Å². The average molecular weight is 217 g/mol. The van der Waals surface area contributed by atoms with Gasteiger partial charge in [-0.3, -0.25) is 0 Å². The van der Waals surface area contributed by atoms with E-state index in [1.807, 2.05) is 0 Å². The third kappa shape index (κ3) is 3.08. The lowest BCUT2D eigenvalue weighted by atomic mass is 9.85. The zero-order chi connectivity index (χ0) is 11.5. The molecule has 3 nitrogen and oxygen atoms in total. The highest BCUT2D eigenvalue weighted by Gasteiger charge is 2.37. The van der Waals surface area contributed by atoms with Crippen molar-refractivity contribution in [2.75, 3.05) is 19.8 Å². The molecule has 0 aromatic rings. The van der Waals surface area contributed by atoms with Crippen LogP contribution < -0.4 is 0 Å². The molecular formula is C11H20FNO2. The van der Waals surface area contributed by atoms with Crippen LogP contribution in [0.1, 0.15) is 33.6 Å². The van der Waals surface area contributed by atoms with E-state index in [2.05, 4.69) is 20.8 Å². The fourth-order valence-electron chi connectivity index (χ4n) is 2.09. The molecule has 1 unspecified atom stereocenters. The van der Waals surface area contributed by atoms with Crippen LogP contribution in [0.3, 0.4) is 0 Å². The quantitative estimate of drug-likeness (QED) is 0.711. The maximum absolute atomic E-state index is 11.9. The molecule has 0 aromatic heterocycles.